The van der Waals surface area contributed by atoms with E-state index in [9.17, 15) is 0 Å². The van der Waals surface area contributed by atoms with Crippen molar-refractivity contribution in [1.82, 2.24) is 8.01 Å². The Morgan fingerprint density at radius 2 is 2.12 bits per heavy atom. The molecule has 34 heavy (non-hydrogen) atoms. The largest absolute Gasteiger partial charge is 0.402 e. The summed E-state index contributed by atoms with van der Waals surface area (Å²) in [4.78, 5) is 5.23. The molecule has 8 heteroatoms. The fourth-order valence-corrected chi connectivity index (χ4v) is 6.74. The summed E-state index contributed by atoms with van der Waals surface area (Å²) in [5.41, 5.74) is 12.8. The van der Waals surface area contributed by atoms with Crippen molar-refractivity contribution in [1.29, 1.82) is 0 Å². The quantitative estimate of drug-likeness (QED) is 0.268. The van der Waals surface area contributed by atoms with E-state index < -0.39 is 0 Å². The van der Waals surface area contributed by atoms with Crippen LogP contribution < -0.4 is 16.0 Å². The maximum Gasteiger partial charge on any atom is 0.112 e. The van der Waals surface area contributed by atoms with E-state index in [1.165, 1.54) is 22.5 Å². The fourth-order valence-electron chi connectivity index (χ4n) is 6.40. The zero-order chi connectivity index (χ0) is 24.5. The van der Waals surface area contributed by atoms with E-state index >= 15 is 0 Å². The van der Waals surface area contributed by atoms with Gasteiger partial charge in [0.2, 0.25) is 0 Å². The molecule has 182 valence electrons. The van der Waals surface area contributed by atoms with Gasteiger partial charge in [0.1, 0.15) is 6.17 Å². The summed E-state index contributed by atoms with van der Waals surface area (Å²) in [5, 5.41) is 3.61. The number of aryl methyl sites for hydroxylation is 1. The highest BCUT2D eigenvalue weighted by Gasteiger charge is 2.52. The Bertz CT molecular complexity index is 909. The van der Waals surface area contributed by atoms with Crippen LogP contribution in [-0.2, 0) is 0 Å². The van der Waals surface area contributed by atoms with Crippen LogP contribution in [0.2, 0.25) is 11.6 Å². The highest BCUT2D eigenvalue weighted by atomic mass is 127. The number of benzene rings is 1. The molecule has 0 saturated carbocycles. The maximum atomic E-state index is 7.24. The number of hydrogen-bond donors (Lipinski definition) is 2. The van der Waals surface area contributed by atoms with Crippen LogP contribution in [0.25, 0.3) is 0 Å². The summed E-state index contributed by atoms with van der Waals surface area (Å²) >= 11 is 2.37. The Morgan fingerprint density at radius 1 is 1.32 bits per heavy atom. The standard InChI is InChI=1S/C26H40B2IN5/c1-19-6-7-22-23(16-19)34(15-5-13-32(3)29)24(31-22)18-33-14-4-10-26(28)11-8-20(9-12-27)21(30)17-25(26,33)2/h6-7,16,24,31H,4-5,8-15,17-18,30H2,1-3H3/t24?,25-,26?/m1/s1. The van der Waals surface area contributed by atoms with Gasteiger partial charge in [-0.15, -0.1) is 0 Å². The molecule has 0 aromatic heterocycles. The zero-order valence-electron chi connectivity index (χ0n) is 21.2. The number of rotatable bonds is 8. The lowest BCUT2D eigenvalue weighted by Gasteiger charge is -2.58. The first-order chi connectivity index (χ1) is 16.2. The number of halogens is 1. The molecule has 0 bridgehead atoms. The molecular formula is C26H40B2IN5. The topological polar surface area (TPSA) is 47.8 Å². The Balaban J connectivity index is 1.59. The lowest BCUT2D eigenvalue weighted by atomic mass is 9.50. The summed E-state index contributed by atoms with van der Waals surface area (Å²) in [5.74, 6) is 0. The van der Waals surface area contributed by atoms with Crippen LogP contribution in [-0.4, -0.2) is 68.6 Å². The van der Waals surface area contributed by atoms with E-state index in [4.69, 9.17) is 21.4 Å². The van der Waals surface area contributed by atoms with E-state index in [0.29, 0.717) is 6.32 Å². The van der Waals surface area contributed by atoms with E-state index in [1.54, 1.807) is 0 Å². The number of nitrogens with one attached hydrogen (secondary N) is 1. The third kappa shape index (κ3) is 5.15. The number of piperidine rings is 1. The molecule has 1 aromatic rings. The maximum absolute atomic E-state index is 7.24. The summed E-state index contributed by atoms with van der Waals surface area (Å²) in [6, 6.07) is 6.76. The van der Waals surface area contributed by atoms with Crippen LogP contribution in [0.5, 0.6) is 0 Å². The fraction of sp³-hybridized carbons (Fsp3) is 0.692. The van der Waals surface area contributed by atoms with Gasteiger partial charge in [-0.25, -0.2) is 0 Å². The minimum absolute atomic E-state index is 0.161. The van der Waals surface area contributed by atoms with Gasteiger partial charge in [0.15, 0.2) is 0 Å². The third-order valence-corrected chi connectivity index (χ3v) is 9.03. The zero-order valence-corrected chi connectivity index (χ0v) is 23.4. The van der Waals surface area contributed by atoms with Gasteiger partial charge in [0.05, 0.1) is 27.1 Å². The number of nitrogens with zero attached hydrogens (tertiary/aromatic N) is 3. The molecule has 2 unspecified atom stereocenters. The highest BCUT2D eigenvalue weighted by molar-refractivity contribution is 14.1. The number of nitrogens with two attached hydrogens (primary N) is 1. The number of anilines is 2. The third-order valence-electron chi connectivity index (χ3n) is 8.55. The highest BCUT2D eigenvalue weighted by Crippen LogP contribution is 2.56. The SMILES string of the molecule is [B]CCC1=C(N)C[C@@]2(C)N(CC3Nc4ccc(C)cc4N3CCCN(C)I)CCCC2([B])CC1. The van der Waals surface area contributed by atoms with Gasteiger partial charge in [-0.1, -0.05) is 24.4 Å². The summed E-state index contributed by atoms with van der Waals surface area (Å²) in [6.07, 6.45) is 7.88. The molecule has 5 nitrogen and oxygen atoms in total. The minimum Gasteiger partial charge on any atom is -0.402 e. The monoisotopic (exact) mass is 571 g/mol. The molecule has 3 aliphatic rings. The van der Waals surface area contributed by atoms with Crippen molar-refractivity contribution < 1.29 is 0 Å². The predicted molar refractivity (Wildman–Crippen MR) is 155 cm³/mol. The molecule has 0 amide bonds. The van der Waals surface area contributed by atoms with Crippen LogP contribution in [0.1, 0.15) is 57.4 Å². The minimum atomic E-state index is -0.233. The second kappa shape index (κ2) is 10.6. The number of allylic oxidation sites excluding steroid dienone is 1. The van der Waals surface area contributed by atoms with Crippen LogP contribution in [0.15, 0.2) is 29.5 Å². The number of hydrogen-bond acceptors (Lipinski definition) is 5. The van der Waals surface area contributed by atoms with E-state index in [1.807, 2.05) is 0 Å². The van der Waals surface area contributed by atoms with Gasteiger partial charge in [-0.3, -0.25) is 8.01 Å². The molecule has 1 saturated heterocycles. The Morgan fingerprint density at radius 3 is 2.85 bits per heavy atom. The van der Waals surface area contributed by atoms with Gasteiger partial charge < -0.3 is 16.0 Å². The molecule has 1 fully saturated rings. The second-order valence-corrected chi connectivity index (χ2v) is 12.5. The van der Waals surface area contributed by atoms with Gasteiger partial charge in [0.25, 0.3) is 0 Å². The Kier molecular flexibility index (Phi) is 8.20. The molecule has 2 heterocycles. The lowest BCUT2D eigenvalue weighted by Crippen LogP contribution is -2.62. The lowest BCUT2D eigenvalue weighted by molar-refractivity contribution is 0.0141. The van der Waals surface area contributed by atoms with Gasteiger partial charge in [-0.2, -0.15) is 0 Å². The normalized spacial score (nSPS) is 29.7. The van der Waals surface area contributed by atoms with Gasteiger partial charge in [-0.05, 0) is 82.6 Å². The molecule has 3 N–H and O–H groups in total. The van der Waals surface area contributed by atoms with Crippen molar-refractivity contribution in [2.75, 3.05) is 43.4 Å². The number of likely N-dealkylation sites (tertiary alicyclic amines) is 1. The molecule has 4 rings (SSSR count). The van der Waals surface area contributed by atoms with Crippen molar-refractivity contribution in [3.05, 3.63) is 35.0 Å². The predicted octanol–water partition coefficient (Wildman–Crippen LogP) is 4.78. The van der Waals surface area contributed by atoms with Crippen LogP contribution in [0.3, 0.4) is 0 Å². The molecule has 0 spiro atoms. The van der Waals surface area contributed by atoms with Crippen LogP contribution in [0.4, 0.5) is 11.4 Å². The molecular weight excluding hydrogens is 531 g/mol. The molecule has 1 aromatic carbocycles. The average Bonchev–Trinajstić information content (AvgIpc) is 3.06. The summed E-state index contributed by atoms with van der Waals surface area (Å²) in [6.45, 7) is 8.64. The van der Waals surface area contributed by atoms with Crippen molar-refractivity contribution in [3.8, 4) is 0 Å². The second-order valence-electron chi connectivity index (χ2n) is 10.9. The number of fused-ring (bicyclic) bond motifs is 2. The molecule has 3 atom stereocenters. The first-order valence-corrected chi connectivity index (χ1v) is 13.8. The van der Waals surface area contributed by atoms with Crippen molar-refractivity contribution in [2.45, 2.75) is 82.1 Å². The molecule has 1 aliphatic carbocycles. The van der Waals surface area contributed by atoms with E-state index in [-0.39, 0.29) is 17.0 Å². The van der Waals surface area contributed by atoms with Gasteiger partial charge in [0, 0.05) is 60.2 Å². The van der Waals surface area contributed by atoms with Crippen molar-refractivity contribution in [3.63, 3.8) is 0 Å². The van der Waals surface area contributed by atoms with Crippen molar-refractivity contribution >= 4 is 49.9 Å². The first kappa shape index (κ1) is 26.2. The van der Waals surface area contributed by atoms with E-state index in [0.717, 1.165) is 76.8 Å². The first-order valence-electron chi connectivity index (χ1n) is 12.9. The Hall–Kier alpha value is -0.860. The van der Waals surface area contributed by atoms with Crippen LogP contribution >= 0.6 is 22.9 Å². The van der Waals surface area contributed by atoms with Crippen molar-refractivity contribution in [2.24, 2.45) is 5.73 Å². The summed E-state index contributed by atoms with van der Waals surface area (Å²) in [7, 11) is 15.3. The summed E-state index contributed by atoms with van der Waals surface area (Å²) < 4.78 is 2.24. The average molecular weight is 571 g/mol. The molecule has 4 radical (unpaired) electrons. The van der Waals surface area contributed by atoms with E-state index in [2.05, 4.69) is 80.2 Å². The Labute approximate surface area is 223 Å². The smallest absolute Gasteiger partial charge is 0.112 e. The van der Waals surface area contributed by atoms with Gasteiger partial charge >= 0.3 is 0 Å². The molecule has 2 aliphatic heterocycles. The van der Waals surface area contributed by atoms with Crippen LogP contribution in [0, 0.1) is 6.92 Å².